The van der Waals surface area contributed by atoms with E-state index in [4.69, 9.17) is 5.11 Å². The monoisotopic (exact) mass is 276 g/mol. The van der Waals surface area contributed by atoms with Gasteiger partial charge in [-0.1, -0.05) is 6.07 Å². The van der Waals surface area contributed by atoms with Crippen LogP contribution in [0.15, 0.2) is 18.2 Å². The lowest BCUT2D eigenvalue weighted by molar-refractivity contribution is 0.0509. The van der Waals surface area contributed by atoms with Crippen molar-refractivity contribution in [1.29, 1.82) is 0 Å². The van der Waals surface area contributed by atoms with E-state index < -0.39 is 31.3 Å². The smallest absolute Gasteiger partial charge is 0.256 e. The first-order valence-corrected chi connectivity index (χ1v) is 5.65. The number of anilines is 1. The number of benzene rings is 1. The highest BCUT2D eigenvalue weighted by atomic mass is 19.3. The molecule has 0 aliphatic carbocycles. The van der Waals surface area contributed by atoms with Crippen LogP contribution in [0.2, 0.25) is 0 Å². The predicted molar refractivity (Wildman–Crippen MR) is 64.9 cm³/mol. The minimum atomic E-state index is -2.72. The third kappa shape index (κ3) is 3.85. The SMILES string of the molecule is CNc1c(F)cccc1C(=O)N(CCO)CC(F)F. The van der Waals surface area contributed by atoms with E-state index in [9.17, 15) is 18.0 Å². The zero-order chi connectivity index (χ0) is 14.4. The van der Waals surface area contributed by atoms with Crippen LogP contribution in [0.4, 0.5) is 18.9 Å². The lowest BCUT2D eigenvalue weighted by Gasteiger charge is -2.22. The van der Waals surface area contributed by atoms with Crippen LogP contribution in [0.25, 0.3) is 0 Å². The van der Waals surface area contributed by atoms with Crippen LogP contribution < -0.4 is 5.32 Å². The predicted octanol–water partition coefficient (Wildman–Crippen LogP) is 1.57. The number of para-hydroxylation sites is 1. The summed E-state index contributed by atoms with van der Waals surface area (Å²) in [4.78, 5) is 12.9. The van der Waals surface area contributed by atoms with Gasteiger partial charge in [0, 0.05) is 13.6 Å². The molecule has 0 radical (unpaired) electrons. The Labute approximate surface area is 108 Å². The molecule has 0 fully saturated rings. The van der Waals surface area contributed by atoms with Gasteiger partial charge in [0.25, 0.3) is 12.3 Å². The molecule has 0 unspecified atom stereocenters. The van der Waals surface area contributed by atoms with Crippen molar-refractivity contribution in [3.8, 4) is 0 Å². The average molecular weight is 276 g/mol. The van der Waals surface area contributed by atoms with Crippen molar-refractivity contribution in [1.82, 2.24) is 4.90 Å². The van der Waals surface area contributed by atoms with Crippen molar-refractivity contribution in [2.45, 2.75) is 6.43 Å². The van der Waals surface area contributed by atoms with Crippen LogP contribution >= 0.6 is 0 Å². The zero-order valence-electron chi connectivity index (χ0n) is 10.4. The fraction of sp³-hybridized carbons (Fsp3) is 0.417. The molecule has 0 spiro atoms. The van der Waals surface area contributed by atoms with Crippen molar-refractivity contribution in [2.75, 3.05) is 32.1 Å². The van der Waals surface area contributed by atoms with Gasteiger partial charge in [-0.15, -0.1) is 0 Å². The molecule has 2 N–H and O–H groups in total. The first kappa shape index (κ1) is 15.3. The Hall–Kier alpha value is -1.76. The van der Waals surface area contributed by atoms with E-state index in [0.717, 1.165) is 11.0 Å². The molecule has 0 aliphatic rings. The molecule has 0 aliphatic heterocycles. The highest BCUT2D eigenvalue weighted by Crippen LogP contribution is 2.21. The molecular weight excluding hydrogens is 261 g/mol. The summed E-state index contributed by atoms with van der Waals surface area (Å²) >= 11 is 0. The van der Waals surface area contributed by atoms with E-state index in [1.54, 1.807) is 0 Å². The summed E-state index contributed by atoms with van der Waals surface area (Å²) in [6.45, 7) is -1.48. The molecule has 1 amide bonds. The number of carbonyl (C=O) groups excluding carboxylic acids is 1. The fourth-order valence-corrected chi connectivity index (χ4v) is 1.69. The third-order valence-corrected chi connectivity index (χ3v) is 2.51. The second-order valence-electron chi connectivity index (χ2n) is 3.78. The summed E-state index contributed by atoms with van der Waals surface area (Å²) < 4.78 is 38.3. The van der Waals surface area contributed by atoms with Gasteiger partial charge in [0.15, 0.2) is 0 Å². The molecule has 4 nitrogen and oxygen atoms in total. The van der Waals surface area contributed by atoms with Gasteiger partial charge in [-0.2, -0.15) is 0 Å². The Morgan fingerprint density at radius 2 is 2.16 bits per heavy atom. The summed E-state index contributed by atoms with van der Waals surface area (Å²) in [6.07, 6.45) is -2.72. The zero-order valence-corrected chi connectivity index (χ0v) is 10.4. The maximum atomic E-state index is 13.5. The largest absolute Gasteiger partial charge is 0.395 e. The number of hydrogen-bond acceptors (Lipinski definition) is 3. The summed E-state index contributed by atoms with van der Waals surface area (Å²) in [5.74, 6) is -1.40. The number of carbonyl (C=O) groups is 1. The number of amides is 1. The molecule has 1 aromatic rings. The normalized spacial score (nSPS) is 10.6. The van der Waals surface area contributed by atoms with E-state index >= 15 is 0 Å². The first-order chi connectivity index (χ1) is 9.01. The first-order valence-electron chi connectivity index (χ1n) is 5.65. The number of nitrogens with zero attached hydrogens (tertiary/aromatic N) is 1. The molecule has 7 heteroatoms. The van der Waals surface area contributed by atoms with Crippen LogP contribution in [0.3, 0.4) is 0 Å². The number of alkyl halides is 2. The van der Waals surface area contributed by atoms with Gasteiger partial charge in [0.05, 0.1) is 24.4 Å². The second kappa shape index (κ2) is 6.98. The van der Waals surface area contributed by atoms with E-state index in [2.05, 4.69) is 5.32 Å². The molecule has 0 saturated heterocycles. The van der Waals surface area contributed by atoms with Gasteiger partial charge in [-0.05, 0) is 12.1 Å². The molecule has 0 saturated carbocycles. The molecular formula is C12H15F3N2O2. The van der Waals surface area contributed by atoms with Crippen LogP contribution in [-0.4, -0.2) is 49.1 Å². The molecule has 1 rings (SSSR count). The number of nitrogens with one attached hydrogen (secondary N) is 1. The lowest BCUT2D eigenvalue weighted by atomic mass is 10.1. The number of aliphatic hydroxyl groups excluding tert-OH is 1. The summed E-state index contributed by atoms with van der Waals surface area (Å²) in [7, 11) is 1.43. The van der Waals surface area contributed by atoms with E-state index in [1.807, 2.05) is 0 Å². The summed E-state index contributed by atoms with van der Waals surface area (Å²) in [5, 5.41) is 11.3. The summed E-state index contributed by atoms with van der Waals surface area (Å²) in [6, 6.07) is 3.82. The molecule has 0 bridgehead atoms. The van der Waals surface area contributed by atoms with Gasteiger partial charge < -0.3 is 15.3 Å². The van der Waals surface area contributed by atoms with Gasteiger partial charge in [-0.25, -0.2) is 13.2 Å². The van der Waals surface area contributed by atoms with Crippen LogP contribution in [0.5, 0.6) is 0 Å². The van der Waals surface area contributed by atoms with Crippen LogP contribution in [0.1, 0.15) is 10.4 Å². The van der Waals surface area contributed by atoms with Gasteiger partial charge in [0.2, 0.25) is 0 Å². The molecule has 1 aromatic carbocycles. The lowest BCUT2D eigenvalue weighted by Crippen LogP contribution is -2.37. The highest BCUT2D eigenvalue weighted by Gasteiger charge is 2.22. The second-order valence-corrected chi connectivity index (χ2v) is 3.78. The van der Waals surface area contributed by atoms with Crippen molar-refractivity contribution in [3.05, 3.63) is 29.6 Å². The Morgan fingerprint density at radius 3 is 2.68 bits per heavy atom. The fourth-order valence-electron chi connectivity index (χ4n) is 1.69. The number of aliphatic hydroxyl groups is 1. The van der Waals surface area contributed by atoms with E-state index in [-0.39, 0.29) is 17.8 Å². The highest BCUT2D eigenvalue weighted by molar-refractivity contribution is 5.99. The number of halogens is 3. The van der Waals surface area contributed by atoms with Crippen molar-refractivity contribution in [3.63, 3.8) is 0 Å². The van der Waals surface area contributed by atoms with Gasteiger partial charge in [0.1, 0.15) is 5.82 Å². The molecule has 106 valence electrons. The maximum Gasteiger partial charge on any atom is 0.256 e. The van der Waals surface area contributed by atoms with Crippen LogP contribution in [-0.2, 0) is 0 Å². The van der Waals surface area contributed by atoms with E-state index in [0.29, 0.717) is 0 Å². The molecule has 0 atom stereocenters. The molecule has 0 heterocycles. The van der Waals surface area contributed by atoms with Gasteiger partial charge in [-0.3, -0.25) is 4.79 Å². The minimum Gasteiger partial charge on any atom is -0.395 e. The minimum absolute atomic E-state index is 0.0448. The Kier molecular flexibility index (Phi) is 5.62. The number of rotatable bonds is 6. The average Bonchev–Trinajstić information content (AvgIpc) is 2.36. The quantitative estimate of drug-likeness (QED) is 0.829. The molecule has 19 heavy (non-hydrogen) atoms. The topological polar surface area (TPSA) is 52.6 Å². The number of hydrogen-bond donors (Lipinski definition) is 2. The maximum absolute atomic E-state index is 13.5. The Balaban J connectivity index is 3.05. The third-order valence-electron chi connectivity index (χ3n) is 2.51. The summed E-state index contributed by atoms with van der Waals surface area (Å²) in [5.41, 5.74) is -0.0960. The van der Waals surface area contributed by atoms with E-state index in [1.165, 1.54) is 19.2 Å². The van der Waals surface area contributed by atoms with Crippen molar-refractivity contribution < 1.29 is 23.1 Å². The molecule has 0 aromatic heterocycles. The van der Waals surface area contributed by atoms with Crippen molar-refractivity contribution in [2.24, 2.45) is 0 Å². The Bertz CT molecular complexity index is 441. The van der Waals surface area contributed by atoms with Gasteiger partial charge >= 0.3 is 0 Å². The van der Waals surface area contributed by atoms with Crippen LogP contribution in [0, 0.1) is 5.82 Å². The Morgan fingerprint density at radius 1 is 1.47 bits per heavy atom. The standard InChI is InChI=1S/C12H15F3N2O2/c1-16-11-8(3-2-4-9(11)13)12(19)17(5-6-18)7-10(14)15/h2-4,10,16,18H,5-7H2,1H3. The van der Waals surface area contributed by atoms with Crippen molar-refractivity contribution >= 4 is 11.6 Å².